The standard InChI is InChI=1S/C23H19F3N4O3/c1-33-12-13-4-2-5-14(8-13)17-10-19-20(11-18(17)23(24,25)26)29-22(28-19)27-16-7-3-6-15(9-16)21(31)30-32/h2-11,32H,12H2,1H3,(H,30,31)(H2,27,28,29). The van der Waals surface area contributed by atoms with Gasteiger partial charge in [0.1, 0.15) is 0 Å². The van der Waals surface area contributed by atoms with E-state index in [1.807, 2.05) is 0 Å². The number of halogens is 3. The maximum Gasteiger partial charge on any atom is 0.417 e. The molecule has 0 spiro atoms. The van der Waals surface area contributed by atoms with Gasteiger partial charge in [-0.25, -0.2) is 10.5 Å². The van der Waals surface area contributed by atoms with Crippen molar-refractivity contribution in [3.8, 4) is 11.1 Å². The Bertz CT molecular complexity index is 1320. The van der Waals surface area contributed by atoms with Crippen molar-refractivity contribution < 1.29 is 27.9 Å². The molecule has 1 amide bonds. The first-order valence-electron chi connectivity index (χ1n) is 9.79. The number of carbonyl (C=O) groups excluding carboxylic acids is 1. The highest BCUT2D eigenvalue weighted by molar-refractivity contribution is 5.94. The summed E-state index contributed by atoms with van der Waals surface area (Å²) in [6.45, 7) is 0.281. The fraction of sp³-hybridized carbons (Fsp3) is 0.130. The minimum absolute atomic E-state index is 0.0183. The molecule has 3 aromatic carbocycles. The van der Waals surface area contributed by atoms with Crippen LogP contribution in [0.15, 0.2) is 60.7 Å². The minimum atomic E-state index is -4.58. The Labute approximate surface area is 186 Å². The summed E-state index contributed by atoms with van der Waals surface area (Å²) in [4.78, 5) is 18.8. The lowest BCUT2D eigenvalue weighted by atomic mass is 9.97. The predicted octanol–water partition coefficient (Wildman–Crippen LogP) is 5.26. The molecule has 0 saturated carbocycles. The summed E-state index contributed by atoms with van der Waals surface area (Å²) in [6.07, 6.45) is -4.58. The molecule has 33 heavy (non-hydrogen) atoms. The van der Waals surface area contributed by atoms with Crippen molar-refractivity contribution in [1.29, 1.82) is 0 Å². The van der Waals surface area contributed by atoms with Crippen LogP contribution in [-0.4, -0.2) is 28.2 Å². The second-order valence-corrected chi connectivity index (χ2v) is 7.28. The van der Waals surface area contributed by atoms with E-state index in [9.17, 15) is 18.0 Å². The normalized spacial score (nSPS) is 11.5. The van der Waals surface area contributed by atoms with Crippen LogP contribution in [-0.2, 0) is 17.5 Å². The number of imidazole rings is 1. The van der Waals surface area contributed by atoms with Crippen LogP contribution in [0.25, 0.3) is 22.2 Å². The van der Waals surface area contributed by atoms with Crippen molar-refractivity contribution in [2.24, 2.45) is 0 Å². The minimum Gasteiger partial charge on any atom is -0.380 e. The smallest absolute Gasteiger partial charge is 0.380 e. The van der Waals surface area contributed by atoms with Crippen molar-refractivity contribution in [3.63, 3.8) is 0 Å². The van der Waals surface area contributed by atoms with E-state index in [2.05, 4.69) is 15.3 Å². The molecule has 0 unspecified atom stereocenters. The first-order valence-corrected chi connectivity index (χ1v) is 9.79. The molecule has 4 aromatic rings. The lowest BCUT2D eigenvalue weighted by Gasteiger charge is -2.14. The molecule has 0 fully saturated rings. The first kappa shape index (κ1) is 22.3. The van der Waals surface area contributed by atoms with Gasteiger partial charge in [0.25, 0.3) is 5.91 Å². The number of H-pyrrole nitrogens is 1. The van der Waals surface area contributed by atoms with Crippen LogP contribution >= 0.6 is 0 Å². The first-order chi connectivity index (χ1) is 15.8. The molecule has 0 saturated heterocycles. The van der Waals surface area contributed by atoms with Gasteiger partial charge in [-0.2, -0.15) is 13.2 Å². The molecule has 10 heteroatoms. The number of fused-ring (bicyclic) bond motifs is 1. The van der Waals surface area contributed by atoms with Gasteiger partial charge in [-0.05, 0) is 53.1 Å². The lowest BCUT2D eigenvalue weighted by molar-refractivity contribution is -0.137. The number of nitrogens with zero attached hydrogens (tertiary/aromatic N) is 1. The number of methoxy groups -OCH3 is 1. The molecule has 0 atom stereocenters. The van der Waals surface area contributed by atoms with E-state index in [1.165, 1.54) is 25.3 Å². The Kier molecular flexibility index (Phi) is 6.03. The number of amides is 1. The van der Waals surface area contributed by atoms with E-state index >= 15 is 0 Å². The van der Waals surface area contributed by atoms with Crippen LogP contribution < -0.4 is 10.8 Å². The lowest BCUT2D eigenvalue weighted by Crippen LogP contribution is -2.18. The van der Waals surface area contributed by atoms with Crippen molar-refractivity contribution in [3.05, 3.63) is 77.4 Å². The number of aromatic amines is 1. The van der Waals surface area contributed by atoms with Gasteiger partial charge in [0, 0.05) is 18.4 Å². The molecule has 0 bridgehead atoms. The summed E-state index contributed by atoms with van der Waals surface area (Å²) in [5.41, 5.74) is 3.10. The Morgan fingerprint density at radius 3 is 2.64 bits per heavy atom. The molecule has 0 aliphatic heterocycles. The predicted molar refractivity (Wildman–Crippen MR) is 116 cm³/mol. The third kappa shape index (κ3) is 4.81. The Morgan fingerprint density at radius 1 is 1.12 bits per heavy atom. The number of alkyl halides is 3. The van der Waals surface area contributed by atoms with Crippen LogP contribution in [0.4, 0.5) is 24.8 Å². The van der Waals surface area contributed by atoms with Gasteiger partial charge in [0.05, 0.1) is 23.2 Å². The van der Waals surface area contributed by atoms with Crippen LogP contribution in [0.5, 0.6) is 0 Å². The summed E-state index contributed by atoms with van der Waals surface area (Å²) in [7, 11) is 1.52. The fourth-order valence-corrected chi connectivity index (χ4v) is 3.52. The molecule has 7 nitrogen and oxygen atoms in total. The zero-order valence-electron chi connectivity index (χ0n) is 17.3. The van der Waals surface area contributed by atoms with E-state index < -0.39 is 17.6 Å². The highest BCUT2D eigenvalue weighted by Crippen LogP contribution is 2.39. The van der Waals surface area contributed by atoms with Crippen LogP contribution in [0, 0.1) is 0 Å². The van der Waals surface area contributed by atoms with Crippen molar-refractivity contribution in [1.82, 2.24) is 15.4 Å². The SMILES string of the molecule is COCc1cccc(-c2cc3[nH]c(Nc4cccc(C(=O)NO)c4)nc3cc2C(F)(F)F)c1. The summed E-state index contributed by atoms with van der Waals surface area (Å²) >= 11 is 0. The van der Waals surface area contributed by atoms with Gasteiger partial charge in [0.15, 0.2) is 0 Å². The highest BCUT2D eigenvalue weighted by atomic mass is 19.4. The molecule has 0 radical (unpaired) electrons. The number of carbonyl (C=O) groups is 1. The second kappa shape index (κ2) is 8.93. The van der Waals surface area contributed by atoms with Crippen molar-refractivity contribution in [2.75, 3.05) is 12.4 Å². The Hall–Kier alpha value is -3.89. The molecule has 0 aliphatic rings. The van der Waals surface area contributed by atoms with Gasteiger partial charge in [-0.1, -0.05) is 24.3 Å². The summed E-state index contributed by atoms with van der Waals surface area (Å²) in [6, 6.07) is 15.4. The quantitative estimate of drug-likeness (QED) is 0.234. The van der Waals surface area contributed by atoms with Crippen LogP contribution in [0.2, 0.25) is 0 Å². The zero-order chi connectivity index (χ0) is 23.6. The number of hydrogen-bond acceptors (Lipinski definition) is 5. The fourth-order valence-electron chi connectivity index (χ4n) is 3.52. The molecular formula is C23H19F3N4O3. The molecule has 1 aromatic heterocycles. The number of hydrogen-bond donors (Lipinski definition) is 4. The summed E-state index contributed by atoms with van der Waals surface area (Å²) < 4.78 is 46.7. The summed E-state index contributed by atoms with van der Waals surface area (Å²) in [5, 5.41) is 11.7. The number of aromatic nitrogens is 2. The van der Waals surface area contributed by atoms with E-state index in [0.29, 0.717) is 16.8 Å². The summed E-state index contributed by atoms with van der Waals surface area (Å²) in [5.74, 6) is -0.497. The third-order valence-corrected chi connectivity index (χ3v) is 4.96. The number of hydroxylamine groups is 1. The van der Waals surface area contributed by atoms with Crippen LogP contribution in [0.3, 0.4) is 0 Å². The second-order valence-electron chi connectivity index (χ2n) is 7.28. The maximum atomic E-state index is 13.9. The Morgan fingerprint density at radius 2 is 1.91 bits per heavy atom. The molecule has 4 rings (SSSR count). The number of ether oxygens (including phenoxy) is 1. The van der Waals surface area contributed by atoms with Crippen LogP contribution in [0.1, 0.15) is 21.5 Å². The molecule has 1 heterocycles. The maximum absolute atomic E-state index is 13.9. The monoisotopic (exact) mass is 456 g/mol. The average molecular weight is 456 g/mol. The average Bonchev–Trinajstić information content (AvgIpc) is 3.19. The zero-order valence-corrected chi connectivity index (χ0v) is 17.3. The Balaban J connectivity index is 1.75. The van der Waals surface area contributed by atoms with Crippen molar-refractivity contribution >= 4 is 28.6 Å². The molecular weight excluding hydrogens is 437 g/mol. The largest absolute Gasteiger partial charge is 0.417 e. The number of anilines is 2. The van der Waals surface area contributed by atoms with Gasteiger partial charge in [-0.3, -0.25) is 10.0 Å². The van der Waals surface area contributed by atoms with Crippen molar-refractivity contribution in [2.45, 2.75) is 12.8 Å². The van der Waals surface area contributed by atoms with Gasteiger partial charge in [-0.15, -0.1) is 0 Å². The van der Waals surface area contributed by atoms with Gasteiger partial charge >= 0.3 is 6.18 Å². The van der Waals surface area contributed by atoms with E-state index in [1.54, 1.807) is 41.9 Å². The van der Waals surface area contributed by atoms with Gasteiger partial charge < -0.3 is 15.0 Å². The highest BCUT2D eigenvalue weighted by Gasteiger charge is 2.34. The molecule has 170 valence electrons. The topological polar surface area (TPSA) is 99.3 Å². The molecule has 0 aliphatic carbocycles. The van der Waals surface area contributed by atoms with E-state index in [0.717, 1.165) is 11.6 Å². The third-order valence-electron chi connectivity index (χ3n) is 4.96. The van der Waals surface area contributed by atoms with E-state index in [-0.39, 0.29) is 29.2 Å². The molecule has 4 N–H and O–H groups in total. The number of nitrogens with one attached hydrogen (secondary N) is 3. The van der Waals surface area contributed by atoms with Gasteiger partial charge in [0.2, 0.25) is 5.95 Å². The van der Waals surface area contributed by atoms with E-state index in [4.69, 9.17) is 9.94 Å². The number of benzene rings is 3. The number of rotatable bonds is 6.